The number of benzene rings is 1. The van der Waals surface area contributed by atoms with Crippen LogP contribution in [0.2, 0.25) is 0 Å². The van der Waals surface area contributed by atoms with E-state index < -0.39 is 5.97 Å². The van der Waals surface area contributed by atoms with Crippen LogP contribution in [0.3, 0.4) is 0 Å². The van der Waals surface area contributed by atoms with E-state index in [1.807, 2.05) is 6.92 Å². The molecule has 4 N–H and O–H groups in total. The van der Waals surface area contributed by atoms with Crippen LogP contribution in [0.4, 0.5) is 5.69 Å². The standard InChI is InChI=1S/C13H17BrN2O3/c1-2-3-9(15)7-12(17)16-11-5-4-8(14)6-10(11)13(18)19/h4-6,9H,2-3,7,15H2,1H3,(H,16,17)(H,18,19). The van der Waals surface area contributed by atoms with Gasteiger partial charge < -0.3 is 16.2 Å². The average molecular weight is 329 g/mol. The van der Waals surface area contributed by atoms with Crippen molar-refractivity contribution in [2.24, 2.45) is 5.73 Å². The summed E-state index contributed by atoms with van der Waals surface area (Å²) >= 11 is 3.20. The Labute approximate surface area is 120 Å². The molecule has 1 aromatic carbocycles. The number of anilines is 1. The number of rotatable bonds is 6. The number of nitrogens with two attached hydrogens (primary N) is 1. The Morgan fingerprint density at radius 1 is 1.47 bits per heavy atom. The first kappa shape index (κ1) is 15.7. The van der Waals surface area contributed by atoms with E-state index in [1.165, 1.54) is 6.07 Å². The third kappa shape index (κ3) is 5.00. The lowest BCUT2D eigenvalue weighted by Crippen LogP contribution is -2.27. The molecule has 0 bridgehead atoms. The van der Waals surface area contributed by atoms with E-state index in [-0.39, 0.29) is 29.6 Å². The number of amides is 1. The number of hydrogen-bond donors (Lipinski definition) is 3. The number of nitrogens with one attached hydrogen (secondary N) is 1. The summed E-state index contributed by atoms with van der Waals surface area (Å²) in [7, 11) is 0. The lowest BCUT2D eigenvalue weighted by molar-refractivity contribution is -0.116. The van der Waals surface area contributed by atoms with E-state index in [0.29, 0.717) is 4.47 Å². The molecule has 0 heterocycles. The highest BCUT2D eigenvalue weighted by molar-refractivity contribution is 9.10. The Hall–Kier alpha value is -1.40. The summed E-state index contributed by atoms with van der Waals surface area (Å²) in [6.45, 7) is 2.00. The Balaban J connectivity index is 2.76. The van der Waals surface area contributed by atoms with Gasteiger partial charge in [-0.3, -0.25) is 4.79 Å². The van der Waals surface area contributed by atoms with Gasteiger partial charge in [-0.05, 0) is 24.6 Å². The highest BCUT2D eigenvalue weighted by Gasteiger charge is 2.14. The fourth-order valence-electron chi connectivity index (χ4n) is 1.71. The van der Waals surface area contributed by atoms with Crippen molar-refractivity contribution in [3.05, 3.63) is 28.2 Å². The molecule has 0 aliphatic heterocycles. The van der Waals surface area contributed by atoms with Crippen molar-refractivity contribution < 1.29 is 14.7 Å². The number of halogens is 1. The van der Waals surface area contributed by atoms with Gasteiger partial charge in [0.25, 0.3) is 0 Å². The number of hydrogen-bond acceptors (Lipinski definition) is 3. The molecule has 19 heavy (non-hydrogen) atoms. The zero-order valence-corrected chi connectivity index (χ0v) is 12.2. The molecule has 0 aliphatic rings. The molecule has 1 rings (SSSR count). The van der Waals surface area contributed by atoms with Crippen molar-refractivity contribution in [3.63, 3.8) is 0 Å². The molecule has 0 aromatic heterocycles. The van der Waals surface area contributed by atoms with Crippen LogP contribution in [-0.2, 0) is 4.79 Å². The van der Waals surface area contributed by atoms with Crippen LogP contribution >= 0.6 is 15.9 Å². The van der Waals surface area contributed by atoms with Gasteiger partial charge in [-0.25, -0.2) is 4.79 Å². The van der Waals surface area contributed by atoms with Gasteiger partial charge in [0.1, 0.15) is 0 Å². The summed E-state index contributed by atoms with van der Waals surface area (Å²) in [6.07, 6.45) is 1.86. The van der Waals surface area contributed by atoms with E-state index in [1.54, 1.807) is 12.1 Å². The summed E-state index contributed by atoms with van der Waals surface area (Å²) in [4.78, 5) is 22.8. The van der Waals surface area contributed by atoms with E-state index in [2.05, 4.69) is 21.2 Å². The summed E-state index contributed by atoms with van der Waals surface area (Å²) in [5.74, 6) is -1.36. The Kier molecular flexibility index (Phi) is 5.98. The van der Waals surface area contributed by atoms with Crippen molar-refractivity contribution in [3.8, 4) is 0 Å². The predicted molar refractivity (Wildman–Crippen MR) is 77.2 cm³/mol. The minimum atomic E-state index is -1.09. The highest BCUT2D eigenvalue weighted by Crippen LogP contribution is 2.21. The third-order valence-electron chi connectivity index (χ3n) is 2.59. The van der Waals surface area contributed by atoms with Crippen LogP contribution in [-0.4, -0.2) is 23.0 Å². The summed E-state index contributed by atoms with van der Waals surface area (Å²) in [5, 5.41) is 11.7. The van der Waals surface area contributed by atoms with Crippen LogP contribution < -0.4 is 11.1 Å². The van der Waals surface area contributed by atoms with Crippen molar-refractivity contribution in [2.45, 2.75) is 32.2 Å². The third-order valence-corrected chi connectivity index (χ3v) is 3.09. The number of carbonyl (C=O) groups is 2. The Morgan fingerprint density at radius 3 is 2.74 bits per heavy atom. The summed E-state index contributed by atoms with van der Waals surface area (Å²) in [5.41, 5.74) is 6.11. The van der Waals surface area contributed by atoms with Crippen molar-refractivity contribution in [2.75, 3.05) is 5.32 Å². The fraction of sp³-hybridized carbons (Fsp3) is 0.385. The zero-order valence-electron chi connectivity index (χ0n) is 10.6. The normalized spacial score (nSPS) is 11.9. The van der Waals surface area contributed by atoms with Crippen molar-refractivity contribution in [1.82, 2.24) is 0 Å². The van der Waals surface area contributed by atoms with Crippen LogP contribution in [0.5, 0.6) is 0 Å². The highest BCUT2D eigenvalue weighted by atomic mass is 79.9. The molecule has 0 radical (unpaired) electrons. The molecule has 1 atom stereocenters. The number of aromatic carboxylic acids is 1. The second kappa shape index (κ2) is 7.25. The largest absolute Gasteiger partial charge is 0.478 e. The first-order valence-corrected chi connectivity index (χ1v) is 6.81. The molecule has 1 amide bonds. The molecule has 1 aromatic rings. The van der Waals surface area contributed by atoms with Gasteiger partial charge in [-0.15, -0.1) is 0 Å². The van der Waals surface area contributed by atoms with E-state index in [9.17, 15) is 9.59 Å². The molecular weight excluding hydrogens is 312 g/mol. The molecule has 0 fully saturated rings. The first-order valence-electron chi connectivity index (χ1n) is 6.02. The smallest absolute Gasteiger partial charge is 0.337 e. The van der Waals surface area contributed by atoms with Gasteiger partial charge in [0.05, 0.1) is 11.3 Å². The zero-order chi connectivity index (χ0) is 14.4. The van der Waals surface area contributed by atoms with Crippen LogP contribution in [0, 0.1) is 0 Å². The van der Waals surface area contributed by atoms with Gasteiger partial charge in [0.2, 0.25) is 5.91 Å². The maximum Gasteiger partial charge on any atom is 0.337 e. The quantitative estimate of drug-likeness (QED) is 0.748. The lowest BCUT2D eigenvalue weighted by Gasteiger charge is -2.12. The molecule has 1 unspecified atom stereocenters. The first-order chi connectivity index (χ1) is 8.93. The molecule has 5 nitrogen and oxygen atoms in total. The van der Waals surface area contributed by atoms with Gasteiger partial charge in [0, 0.05) is 16.9 Å². The number of carboxylic acid groups (broad SMARTS) is 1. The molecule has 0 saturated heterocycles. The van der Waals surface area contributed by atoms with Crippen molar-refractivity contribution >= 4 is 33.5 Å². The van der Waals surface area contributed by atoms with Crippen molar-refractivity contribution in [1.29, 1.82) is 0 Å². The number of carboxylic acids is 1. The van der Waals surface area contributed by atoms with E-state index in [4.69, 9.17) is 10.8 Å². The fourth-order valence-corrected chi connectivity index (χ4v) is 2.08. The average Bonchev–Trinajstić information content (AvgIpc) is 2.31. The summed E-state index contributed by atoms with van der Waals surface area (Å²) in [6, 6.07) is 4.48. The van der Waals surface area contributed by atoms with E-state index in [0.717, 1.165) is 12.8 Å². The monoisotopic (exact) mass is 328 g/mol. The Morgan fingerprint density at radius 2 is 2.16 bits per heavy atom. The molecular formula is C13H17BrN2O3. The molecule has 0 aliphatic carbocycles. The van der Waals surface area contributed by atoms with Gasteiger partial charge in [0.15, 0.2) is 0 Å². The molecule has 104 valence electrons. The number of carbonyl (C=O) groups excluding carboxylic acids is 1. The van der Waals surface area contributed by atoms with Crippen LogP contribution in [0.15, 0.2) is 22.7 Å². The van der Waals surface area contributed by atoms with Gasteiger partial charge in [-0.2, -0.15) is 0 Å². The maximum absolute atomic E-state index is 11.8. The molecule has 0 spiro atoms. The topological polar surface area (TPSA) is 92.4 Å². The summed E-state index contributed by atoms with van der Waals surface area (Å²) < 4.78 is 0.644. The lowest BCUT2D eigenvalue weighted by atomic mass is 10.1. The van der Waals surface area contributed by atoms with Crippen LogP contribution in [0.25, 0.3) is 0 Å². The van der Waals surface area contributed by atoms with Gasteiger partial charge in [-0.1, -0.05) is 29.3 Å². The minimum Gasteiger partial charge on any atom is -0.478 e. The second-order valence-corrected chi connectivity index (χ2v) is 5.21. The minimum absolute atomic E-state index is 0.0480. The SMILES string of the molecule is CCCC(N)CC(=O)Nc1ccc(Br)cc1C(=O)O. The molecule has 6 heteroatoms. The maximum atomic E-state index is 11.8. The van der Waals surface area contributed by atoms with Gasteiger partial charge >= 0.3 is 5.97 Å². The Bertz CT molecular complexity index is 477. The predicted octanol–water partition coefficient (Wildman–Crippen LogP) is 2.60. The molecule has 0 saturated carbocycles. The second-order valence-electron chi connectivity index (χ2n) is 4.30. The van der Waals surface area contributed by atoms with E-state index >= 15 is 0 Å². The van der Waals surface area contributed by atoms with Crippen LogP contribution in [0.1, 0.15) is 36.5 Å².